The summed E-state index contributed by atoms with van der Waals surface area (Å²) in [6.07, 6.45) is 0.593. The van der Waals surface area contributed by atoms with Crippen molar-refractivity contribution in [3.8, 4) is 0 Å². The van der Waals surface area contributed by atoms with Gasteiger partial charge in [-0.2, -0.15) is 0 Å². The highest BCUT2D eigenvalue weighted by Gasteiger charge is 2.02. The SMILES string of the molecule is O=C(NCCCO)c1ccc(I)cc1. The molecule has 0 saturated heterocycles. The fraction of sp³-hybridized carbons (Fsp3) is 0.300. The quantitative estimate of drug-likeness (QED) is 0.653. The molecular formula is C10H12INO2. The number of hydrogen-bond acceptors (Lipinski definition) is 2. The Labute approximate surface area is 96.7 Å². The van der Waals surface area contributed by atoms with Gasteiger partial charge in [0.2, 0.25) is 0 Å². The van der Waals surface area contributed by atoms with Gasteiger partial charge in [-0.25, -0.2) is 0 Å². The number of aliphatic hydroxyl groups excluding tert-OH is 1. The molecule has 0 bridgehead atoms. The van der Waals surface area contributed by atoms with Crippen LogP contribution in [-0.2, 0) is 0 Å². The summed E-state index contributed by atoms with van der Waals surface area (Å²) < 4.78 is 1.11. The molecule has 0 radical (unpaired) electrons. The van der Waals surface area contributed by atoms with Crippen molar-refractivity contribution in [1.29, 1.82) is 0 Å². The standard InChI is InChI=1S/C10H12INO2/c11-9-4-2-8(3-5-9)10(14)12-6-1-7-13/h2-5,13H,1,6-7H2,(H,12,14). The fourth-order valence-corrected chi connectivity index (χ4v) is 1.34. The van der Waals surface area contributed by atoms with Crippen molar-refractivity contribution in [2.75, 3.05) is 13.2 Å². The van der Waals surface area contributed by atoms with Crippen LogP contribution in [-0.4, -0.2) is 24.2 Å². The molecule has 0 atom stereocenters. The van der Waals surface area contributed by atoms with Crippen LogP contribution in [0.4, 0.5) is 0 Å². The van der Waals surface area contributed by atoms with E-state index in [4.69, 9.17) is 5.11 Å². The van der Waals surface area contributed by atoms with Gasteiger partial charge in [0.15, 0.2) is 0 Å². The summed E-state index contributed by atoms with van der Waals surface area (Å²) in [5, 5.41) is 11.3. The van der Waals surface area contributed by atoms with Crippen LogP contribution in [0.5, 0.6) is 0 Å². The molecule has 0 fully saturated rings. The molecule has 1 aromatic rings. The molecule has 0 saturated carbocycles. The first-order valence-electron chi connectivity index (χ1n) is 4.38. The highest BCUT2D eigenvalue weighted by Crippen LogP contribution is 2.06. The highest BCUT2D eigenvalue weighted by molar-refractivity contribution is 14.1. The van der Waals surface area contributed by atoms with Gasteiger partial charge in [-0.05, 0) is 53.3 Å². The Hall–Kier alpha value is -0.620. The number of carbonyl (C=O) groups is 1. The first-order valence-corrected chi connectivity index (χ1v) is 5.46. The van der Waals surface area contributed by atoms with E-state index in [-0.39, 0.29) is 12.5 Å². The maximum Gasteiger partial charge on any atom is 0.251 e. The number of nitrogens with one attached hydrogen (secondary N) is 1. The monoisotopic (exact) mass is 305 g/mol. The Morgan fingerprint density at radius 1 is 1.36 bits per heavy atom. The van der Waals surface area contributed by atoms with Gasteiger partial charge in [-0.3, -0.25) is 4.79 Å². The Morgan fingerprint density at radius 3 is 2.57 bits per heavy atom. The van der Waals surface area contributed by atoms with Gasteiger partial charge < -0.3 is 10.4 Å². The van der Waals surface area contributed by atoms with Crippen LogP contribution >= 0.6 is 22.6 Å². The summed E-state index contributed by atoms with van der Waals surface area (Å²) >= 11 is 2.19. The lowest BCUT2D eigenvalue weighted by molar-refractivity contribution is 0.0951. The third-order valence-electron chi connectivity index (χ3n) is 1.73. The lowest BCUT2D eigenvalue weighted by atomic mass is 10.2. The van der Waals surface area contributed by atoms with E-state index < -0.39 is 0 Å². The van der Waals surface area contributed by atoms with Crippen molar-refractivity contribution in [2.45, 2.75) is 6.42 Å². The third-order valence-corrected chi connectivity index (χ3v) is 2.45. The zero-order valence-electron chi connectivity index (χ0n) is 7.66. The first-order chi connectivity index (χ1) is 6.74. The van der Waals surface area contributed by atoms with E-state index in [1.54, 1.807) is 12.1 Å². The van der Waals surface area contributed by atoms with E-state index in [0.717, 1.165) is 3.57 Å². The fourth-order valence-electron chi connectivity index (χ4n) is 0.984. The van der Waals surface area contributed by atoms with Crippen molar-refractivity contribution in [1.82, 2.24) is 5.32 Å². The van der Waals surface area contributed by atoms with Crippen LogP contribution < -0.4 is 5.32 Å². The van der Waals surface area contributed by atoms with Gasteiger partial charge in [0.25, 0.3) is 5.91 Å². The minimum absolute atomic E-state index is 0.0881. The Kier molecular flexibility index (Phi) is 4.89. The second-order valence-electron chi connectivity index (χ2n) is 2.84. The minimum atomic E-state index is -0.0881. The summed E-state index contributed by atoms with van der Waals surface area (Å²) in [4.78, 5) is 11.4. The molecule has 0 aliphatic carbocycles. The summed E-state index contributed by atoms with van der Waals surface area (Å²) in [6.45, 7) is 0.619. The molecule has 14 heavy (non-hydrogen) atoms. The predicted octanol–water partition coefficient (Wildman–Crippen LogP) is 1.40. The lowest BCUT2D eigenvalue weighted by Gasteiger charge is -2.03. The Balaban J connectivity index is 2.48. The third kappa shape index (κ3) is 3.63. The molecule has 1 aromatic carbocycles. The molecule has 76 valence electrons. The van der Waals surface area contributed by atoms with Crippen molar-refractivity contribution >= 4 is 28.5 Å². The number of hydrogen-bond donors (Lipinski definition) is 2. The van der Waals surface area contributed by atoms with Gasteiger partial charge in [0, 0.05) is 22.3 Å². The second kappa shape index (κ2) is 5.98. The Morgan fingerprint density at radius 2 is 2.00 bits per heavy atom. The molecule has 0 spiro atoms. The predicted molar refractivity (Wildman–Crippen MR) is 63.2 cm³/mol. The number of halogens is 1. The first kappa shape index (κ1) is 11.5. The normalized spacial score (nSPS) is 9.86. The molecule has 0 unspecified atom stereocenters. The van der Waals surface area contributed by atoms with Crippen LogP contribution in [0.15, 0.2) is 24.3 Å². The summed E-state index contributed by atoms with van der Waals surface area (Å²) in [6, 6.07) is 7.36. The van der Waals surface area contributed by atoms with Crippen molar-refractivity contribution < 1.29 is 9.90 Å². The average Bonchev–Trinajstić information content (AvgIpc) is 2.19. The molecule has 0 aliphatic heterocycles. The topological polar surface area (TPSA) is 49.3 Å². The molecule has 2 N–H and O–H groups in total. The molecular weight excluding hydrogens is 293 g/mol. The van der Waals surface area contributed by atoms with Crippen LogP contribution in [0.25, 0.3) is 0 Å². The van der Waals surface area contributed by atoms with E-state index >= 15 is 0 Å². The minimum Gasteiger partial charge on any atom is -0.396 e. The summed E-state index contributed by atoms with van der Waals surface area (Å²) in [7, 11) is 0. The van der Waals surface area contributed by atoms with E-state index in [0.29, 0.717) is 18.5 Å². The number of rotatable bonds is 4. The summed E-state index contributed by atoms with van der Waals surface area (Å²) in [5.74, 6) is -0.0881. The molecule has 0 heterocycles. The van der Waals surface area contributed by atoms with E-state index in [9.17, 15) is 4.79 Å². The smallest absolute Gasteiger partial charge is 0.251 e. The molecule has 0 aliphatic rings. The van der Waals surface area contributed by atoms with E-state index in [1.807, 2.05) is 12.1 Å². The number of aliphatic hydroxyl groups is 1. The largest absolute Gasteiger partial charge is 0.396 e. The van der Waals surface area contributed by atoms with Crippen LogP contribution in [0, 0.1) is 3.57 Å². The van der Waals surface area contributed by atoms with Gasteiger partial charge in [0.05, 0.1) is 0 Å². The van der Waals surface area contributed by atoms with Crippen molar-refractivity contribution in [2.24, 2.45) is 0 Å². The number of amides is 1. The molecule has 1 rings (SSSR count). The zero-order valence-corrected chi connectivity index (χ0v) is 9.82. The van der Waals surface area contributed by atoms with Crippen LogP contribution in [0.2, 0.25) is 0 Å². The molecule has 0 aromatic heterocycles. The highest BCUT2D eigenvalue weighted by atomic mass is 127. The maximum absolute atomic E-state index is 11.4. The van der Waals surface area contributed by atoms with Crippen molar-refractivity contribution in [3.05, 3.63) is 33.4 Å². The second-order valence-corrected chi connectivity index (χ2v) is 4.09. The van der Waals surface area contributed by atoms with Crippen molar-refractivity contribution in [3.63, 3.8) is 0 Å². The van der Waals surface area contributed by atoms with Gasteiger partial charge in [0.1, 0.15) is 0 Å². The lowest BCUT2D eigenvalue weighted by Crippen LogP contribution is -2.24. The van der Waals surface area contributed by atoms with Gasteiger partial charge in [-0.15, -0.1) is 0 Å². The number of carbonyl (C=O) groups excluding carboxylic acids is 1. The average molecular weight is 305 g/mol. The molecule has 4 heteroatoms. The number of benzene rings is 1. The summed E-state index contributed by atoms with van der Waals surface area (Å²) in [5.41, 5.74) is 0.656. The van der Waals surface area contributed by atoms with Gasteiger partial charge in [-0.1, -0.05) is 0 Å². The van der Waals surface area contributed by atoms with Gasteiger partial charge >= 0.3 is 0 Å². The van der Waals surface area contributed by atoms with Crippen LogP contribution in [0.1, 0.15) is 16.8 Å². The van der Waals surface area contributed by atoms with Crippen LogP contribution in [0.3, 0.4) is 0 Å². The van der Waals surface area contributed by atoms with E-state index in [1.165, 1.54) is 0 Å². The van der Waals surface area contributed by atoms with E-state index in [2.05, 4.69) is 27.9 Å². The maximum atomic E-state index is 11.4. The zero-order chi connectivity index (χ0) is 10.4. The molecule has 1 amide bonds. The molecule has 3 nitrogen and oxygen atoms in total. The Bertz CT molecular complexity index is 297.